The third kappa shape index (κ3) is 5.61. The summed E-state index contributed by atoms with van der Waals surface area (Å²) in [7, 11) is 1.55. The maximum atomic E-state index is 13.4. The molecule has 1 aromatic rings. The van der Waals surface area contributed by atoms with Crippen molar-refractivity contribution in [3.63, 3.8) is 0 Å². The lowest BCUT2D eigenvalue weighted by Gasteiger charge is -2.15. The van der Waals surface area contributed by atoms with E-state index >= 15 is 0 Å². The fraction of sp³-hybridized carbons (Fsp3) is 0.429. The lowest BCUT2D eigenvalue weighted by Crippen LogP contribution is -2.33. The van der Waals surface area contributed by atoms with Crippen molar-refractivity contribution in [2.24, 2.45) is 0 Å². The van der Waals surface area contributed by atoms with E-state index in [0.29, 0.717) is 17.3 Å². The Morgan fingerprint density at radius 3 is 2.70 bits per heavy atom. The summed E-state index contributed by atoms with van der Waals surface area (Å²) < 4.78 is 18.1. The Hall–Kier alpha value is -1.56. The van der Waals surface area contributed by atoms with Crippen LogP contribution in [0.4, 0.5) is 4.39 Å². The molecule has 0 fully saturated rings. The van der Waals surface area contributed by atoms with Crippen molar-refractivity contribution < 1.29 is 18.7 Å². The first kappa shape index (κ1) is 16.5. The van der Waals surface area contributed by atoms with Gasteiger partial charge in [-0.2, -0.15) is 0 Å². The zero-order valence-corrected chi connectivity index (χ0v) is 12.4. The number of thioether (sulfide) groups is 1. The molecule has 4 nitrogen and oxygen atoms in total. The van der Waals surface area contributed by atoms with Gasteiger partial charge in [-0.15, -0.1) is 11.8 Å². The van der Waals surface area contributed by atoms with Gasteiger partial charge in [0, 0.05) is 24.1 Å². The van der Waals surface area contributed by atoms with Gasteiger partial charge in [0.15, 0.2) is 0 Å². The van der Waals surface area contributed by atoms with Gasteiger partial charge in [-0.25, -0.2) is 4.39 Å². The highest BCUT2D eigenvalue weighted by Gasteiger charge is 2.13. The Morgan fingerprint density at radius 2 is 2.05 bits per heavy atom. The van der Waals surface area contributed by atoms with Gasteiger partial charge in [0.05, 0.1) is 6.61 Å². The molecule has 0 aliphatic carbocycles. The van der Waals surface area contributed by atoms with E-state index in [2.05, 4.69) is 0 Å². The number of carbonyl (C=O) groups excluding carboxylic acids is 2. The fourth-order valence-electron chi connectivity index (χ4n) is 1.49. The summed E-state index contributed by atoms with van der Waals surface area (Å²) in [4.78, 5) is 24.8. The maximum absolute atomic E-state index is 13.4. The molecule has 0 atom stereocenters. The minimum Gasteiger partial charge on any atom is -0.465 e. The quantitative estimate of drug-likeness (QED) is 0.572. The first-order valence-corrected chi connectivity index (χ1v) is 7.30. The monoisotopic (exact) mass is 299 g/mol. The smallest absolute Gasteiger partial charge is 0.325 e. The largest absolute Gasteiger partial charge is 0.465 e. The number of benzene rings is 1. The highest BCUT2D eigenvalue weighted by atomic mass is 32.2. The van der Waals surface area contributed by atoms with E-state index < -0.39 is 5.97 Å². The zero-order valence-electron chi connectivity index (χ0n) is 11.6. The minimum atomic E-state index is -0.426. The molecule has 0 saturated carbocycles. The molecule has 0 N–H and O–H groups in total. The predicted octanol–water partition coefficient (Wildman–Crippen LogP) is 2.33. The molecule has 0 aromatic heterocycles. The van der Waals surface area contributed by atoms with E-state index in [1.54, 1.807) is 32.2 Å². The third-order valence-electron chi connectivity index (χ3n) is 2.51. The fourth-order valence-corrected chi connectivity index (χ4v) is 2.37. The van der Waals surface area contributed by atoms with Gasteiger partial charge in [-0.05, 0) is 19.1 Å². The van der Waals surface area contributed by atoms with Gasteiger partial charge in [-0.3, -0.25) is 9.59 Å². The van der Waals surface area contributed by atoms with Crippen molar-refractivity contribution in [3.05, 3.63) is 30.1 Å². The topological polar surface area (TPSA) is 46.6 Å². The second-order valence-electron chi connectivity index (χ2n) is 4.08. The molecule has 0 radical (unpaired) electrons. The van der Waals surface area contributed by atoms with Crippen LogP contribution in [-0.4, -0.2) is 42.7 Å². The molecule has 0 unspecified atom stereocenters. The summed E-state index contributed by atoms with van der Waals surface area (Å²) in [6.07, 6.45) is 0.245. The average molecular weight is 299 g/mol. The van der Waals surface area contributed by atoms with E-state index in [1.807, 2.05) is 0 Å². The van der Waals surface area contributed by atoms with Crippen LogP contribution in [0.2, 0.25) is 0 Å². The van der Waals surface area contributed by atoms with E-state index in [-0.39, 0.29) is 24.7 Å². The van der Waals surface area contributed by atoms with E-state index in [1.165, 1.54) is 22.7 Å². The Balaban J connectivity index is 2.32. The number of likely N-dealkylation sites (N-methyl/N-ethyl adjacent to an activating group) is 1. The van der Waals surface area contributed by atoms with Gasteiger partial charge in [0.2, 0.25) is 5.91 Å². The van der Waals surface area contributed by atoms with Crippen molar-refractivity contribution in [1.29, 1.82) is 0 Å². The van der Waals surface area contributed by atoms with Crippen LogP contribution >= 0.6 is 11.8 Å². The molecule has 0 heterocycles. The third-order valence-corrected chi connectivity index (χ3v) is 3.56. The standard InChI is InChI=1S/C14H18FNO3S/c1-3-19-14(18)10-16(2)13(17)8-9-20-12-7-5-4-6-11(12)15/h4-7H,3,8-10H2,1-2H3. The van der Waals surface area contributed by atoms with E-state index in [4.69, 9.17) is 4.74 Å². The molecular weight excluding hydrogens is 281 g/mol. The molecule has 1 amide bonds. The van der Waals surface area contributed by atoms with Gasteiger partial charge in [0.25, 0.3) is 0 Å². The SMILES string of the molecule is CCOC(=O)CN(C)C(=O)CCSc1ccccc1F. The number of esters is 1. The van der Waals surface area contributed by atoms with Crippen LogP contribution in [0, 0.1) is 5.82 Å². The maximum Gasteiger partial charge on any atom is 0.325 e. The molecular formula is C14H18FNO3S. The van der Waals surface area contributed by atoms with Crippen LogP contribution < -0.4 is 0 Å². The van der Waals surface area contributed by atoms with Crippen molar-refractivity contribution in [2.75, 3.05) is 26.0 Å². The zero-order chi connectivity index (χ0) is 15.0. The molecule has 1 aromatic carbocycles. The molecule has 1 rings (SSSR count). The van der Waals surface area contributed by atoms with Gasteiger partial charge in [-0.1, -0.05) is 12.1 Å². The Morgan fingerprint density at radius 1 is 1.35 bits per heavy atom. The van der Waals surface area contributed by atoms with Gasteiger partial charge < -0.3 is 9.64 Å². The van der Waals surface area contributed by atoms with Crippen LogP contribution in [0.5, 0.6) is 0 Å². The predicted molar refractivity (Wildman–Crippen MR) is 76.0 cm³/mol. The number of hydrogen-bond donors (Lipinski definition) is 0. The lowest BCUT2D eigenvalue weighted by atomic mass is 10.3. The molecule has 110 valence electrons. The van der Waals surface area contributed by atoms with Gasteiger partial charge >= 0.3 is 5.97 Å². The van der Waals surface area contributed by atoms with Crippen LogP contribution in [0.1, 0.15) is 13.3 Å². The molecule has 0 saturated heterocycles. The minimum absolute atomic E-state index is 0.0585. The Bertz CT molecular complexity index is 467. The summed E-state index contributed by atoms with van der Waals surface area (Å²) in [5, 5.41) is 0. The molecule has 6 heteroatoms. The molecule has 0 bridgehead atoms. The van der Waals surface area contributed by atoms with Crippen LogP contribution in [0.3, 0.4) is 0 Å². The average Bonchev–Trinajstić information content (AvgIpc) is 2.41. The van der Waals surface area contributed by atoms with Crippen LogP contribution in [-0.2, 0) is 14.3 Å². The van der Waals surface area contributed by atoms with Crippen molar-refractivity contribution in [3.8, 4) is 0 Å². The first-order chi connectivity index (χ1) is 9.54. The van der Waals surface area contributed by atoms with E-state index in [0.717, 1.165) is 0 Å². The van der Waals surface area contributed by atoms with E-state index in [9.17, 15) is 14.0 Å². The van der Waals surface area contributed by atoms with Crippen LogP contribution in [0.25, 0.3) is 0 Å². The summed E-state index contributed by atoms with van der Waals surface area (Å²) in [6, 6.07) is 6.43. The first-order valence-electron chi connectivity index (χ1n) is 6.31. The second-order valence-corrected chi connectivity index (χ2v) is 5.22. The normalized spacial score (nSPS) is 10.2. The molecule has 0 spiro atoms. The lowest BCUT2D eigenvalue weighted by molar-refractivity contribution is -0.148. The summed E-state index contributed by atoms with van der Waals surface area (Å²) in [6.45, 7) is 1.95. The number of hydrogen-bond acceptors (Lipinski definition) is 4. The Kier molecular flexibility index (Phi) is 7.08. The number of nitrogens with zero attached hydrogens (tertiary/aromatic N) is 1. The number of rotatable bonds is 7. The number of amides is 1. The van der Waals surface area contributed by atoms with Crippen molar-refractivity contribution in [2.45, 2.75) is 18.2 Å². The van der Waals surface area contributed by atoms with Crippen molar-refractivity contribution in [1.82, 2.24) is 4.90 Å². The molecule has 0 aliphatic heterocycles. The summed E-state index contributed by atoms with van der Waals surface area (Å²) >= 11 is 1.28. The Labute approximate surface area is 122 Å². The second kappa shape index (κ2) is 8.58. The summed E-state index contributed by atoms with van der Waals surface area (Å²) in [5.74, 6) is -0.413. The highest BCUT2D eigenvalue weighted by molar-refractivity contribution is 7.99. The highest BCUT2D eigenvalue weighted by Crippen LogP contribution is 2.21. The van der Waals surface area contributed by atoms with Crippen LogP contribution in [0.15, 0.2) is 29.2 Å². The molecule has 0 aliphatic rings. The molecule has 20 heavy (non-hydrogen) atoms. The summed E-state index contributed by atoms with van der Waals surface area (Å²) in [5.41, 5.74) is 0. The number of carbonyl (C=O) groups is 2. The number of ether oxygens (including phenoxy) is 1. The van der Waals surface area contributed by atoms with Crippen molar-refractivity contribution >= 4 is 23.6 Å². The number of halogens is 1. The van der Waals surface area contributed by atoms with Gasteiger partial charge in [0.1, 0.15) is 12.4 Å².